The number of hydrogen-bond donors (Lipinski definition) is 3. The Morgan fingerprint density at radius 1 is 1.19 bits per heavy atom. The molecule has 1 aromatic carbocycles. The summed E-state index contributed by atoms with van der Waals surface area (Å²) in [5.74, 6) is -2.14. The summed E-state index contributed by atoms with van der Waals surface area (Å²) in [5, 5.41) is 12.9. The van der Waals surface area contributed by atoms with E-state index in [4.69, 9.17) is 5.11 Å². The number of aliphatic hydroxyl groups is 1. The normalized spacial score (nSPS) is 9.62. The van der Waals surface area contributed by atoms with Crippen molar-refractivity contribution in [3.05, 3.63) is 30.1 Å². The second-order valence-electron chi connectivity index (χ2n) is 2.94. The van der Waals surface area contributed by atoms with Crippen LogP contribution in [0.15, 0.2) is 24.3 Å². The van der Waals surface area contributed by atoms with Crippen molar-refractivity contribution in [2.45, 2.75) is 0 Å². The molecule has 0 aliphatic rings. The van der Waals surface area contributed by atoms with Crippen LogP contribution in [0.3, 0.4) is 0 Å². The van der Waals surface area contributed by atoms with Gasteiger partial charge in [-0.3, -0.25) is 9.59 Å². The van der Waals surface area contributed by atoms with Crippen LogP contribution in [0.1, 0.15) is 0 Å². The smallest absolute Gasteiger partial charge is 0.313 e. The Kier molecular flexibility index (Phi) is 4.41. The molecule has 16 heavy (non-hydrogen) atoms. The van der Waals surface area contributed by atoms with E-state index in [1.165, 1.54) is 24.3 Å². The van der Waals surface area contributed by atoms with E-state index in [1.54, 1.807) is 0 Å². The van der Waals surface area contributed by atoms with Gasteiger partial charge in [-0.15, -0.1) is 0 Å². The van der Waals surface area contributed by atoms with Crippen LogP contribution in [0.25, 0.3) is 0 Å². The zero-order chi connectivity index (χ0) is 12.0. The molecule has 0 atom stereocenters. The third-order valence-electron chi connectivity index (χ3n) is 1.71. The maximum Gasteiger partial charge on any atom is 0.313 e. The van der Waals surface area contributed by atoms with Crippen molar-refractivity contribution in [1.82, 2.24) is 5.32 Å². The highest BCUT2D eigenvalue weighted by molar-refractivity contribution is 6.39. The fourth-order valence-electron chi connectivity index (χ4n) is 0.971. The minimum atomic E-state index is -0.861. The lowest BCUT2D eigenvalue weighted by atomic mass is 10.3. The van der Waals surface area contributed by atoms with Gasteiger partial charge in [-0.25, -0.2) is 4.39 Å². The Bertz CT molecular complexity index is 378. The molecule has 0 saturated heterocycles. The van der Waals surface area contributed by atoms with E-state index >= 15 is 0 Å². The fourth-order valence-corrected chi connectivity index (χ4v) is 0.971. The van der Waals surface area contributed by atoms with Gasteiger partial charge in [0.15, 0.2) is 0 Å². The number of amides is 2. The molecule has 0 aliphatic heterocycles. The van der Waals surface area contributed by atoms with E-state index in [1.807, 2.05) is 0 Å². The third kappa shape index (κ3) is 3.66. The number of carbonyl (C=O) groups is 2. The Morgan fingerprint density at radius 3 is 2.38 bits per heavy atom. The zero-order valence-electron chi connectivity index (χ0n) is 8.37. The molecule has 0 heterocycles. The lowest BCUT2D eigenvalue weighted by Crippen LogP contribution is -2.36. The van der Waals surface area contributed by atoms with E-state index in [0.717, 1.165) is 0 Å². The van der Waals surface area contributed by atoms with Gasteiger partial charge in [0.1, 0.15) is 5.82 Å². The number of carbonyl (C=O) groups excluding carboxylic acids is 2. The largest absolute Gasteiger partial charge is 0.395 e. The first-order chi connectivity index (χ1) is 7.63. The molecule has 0 aromatic heterocycles. The van der Waals surface area contributed by atoms with Crippen LogP contribution in [0.2, 0.25) is 0 Å². The lowest BCUT2D eigenvalue weighted by molar-refractivity contribution is -0.136. The molecule has 0 radical (unpaired) electrons. The van der Waals surface area contributed by atoms with Crippen molar-refractivity contribution in [3.8, 4) is 0 Å². The van der Waals surface area contributed by atoms with Gasteiger partial charge in [0, 0.05) is 12.2 Å². The molecule has 5 nitrogen and oxygen atoms in total. The summed E-state index contributed by atoms with van der Waals surface area (Å²) in [7, 11) is 0. The molecule has 0 aliphatic carbocycles. The Hall–Kier alpha value is -1.95. The van der Waals surface area contributed by atoms with E-state index < -0.39 is 17.6 Å². The van der Waals surface area contributed by atoms with Crippen LogP contribution in [0, 0.1) is 5.82 Å². The summed E-state index contributed by atoms with van der Waals surface area (Å²) in [6.07, 6.45) is 0. The first kappa shape index (κ1) is 12.1. The summed E-state index contributed by atoms with van der Waals surface area (Å²) in [6.45, 7) is -0.231. The van der Waals surface area contributed by atoms with Crippen molar-refractivity contribution < 1.29 is 19.1 Å². The molecule has 0 fully saturated rings. The molecule has 3 N–H and O–H groups in total. The summed E-state index contributed by atoms with van der Waals surface area (Å²) in [6, 6.07) is 5.02. The van der Waals surface area contributed by atoms with Crippen LogP contribution in [0.4, 0.5) is 10.1 Å². The summed E-state index contributed by atoms with van der Waals surface area (Å²) < 4.78 is 12.5. The molecule has 0 bridgehead atoms. The quantitative estimate of drug-likeness (QED) is 0.628. The summed E-state index contributed by atoms with van der Waals surface area (Å²) in [5.41, 5.74) is 0.325. The van der Waals surface area contributed by atoms with E-state index in [-0.39, 0.29) is 13.2 Å². The van der Waals surface area contributed by atoms with Gasteiger partial charge >= 0.3 is 11.8 Å². The van der Waals surface area contributed by atoms with Crippen molar-refractivity contribution in [1.29, 1.82) is 0 Å². The van der Waals surface area contributed by atoms with Gasteiger partial charge in [0.25, 0.3) is 0 Å². The molecule has 6 heteroatoms. The molecular formula is C10H11FN2O3. The standard InChI is InChI=1S/C10H11FN2O3/c11-7-1-3-8(4-2-7)13-10(16)9(15)12-5-6-14/h1-4,14H,5-6H2,(H,12,15)(H,13,16). The Morgan fingerprint density at radius 2 is 1.81 bits per heavy atom. The van der Waals surface area contributed by atoms with Gasteiger partial charge in [-0.2, -0.15) is 0 Å². The maximum absolute atomic E-state index is 12.5. The molecular weight excluding hydrogens is 215 g/mol. The molecule has 0 spiro atoms. The second-order valence-corrected chi connectivity index (χ2v) is 2.94. The number of aliphatic hydroxyl groups excluding tert-OH is 1. The van der Waals surface area contributed by atoms with E-state index in [2.05, 4.69) is 10.6 Å². The SMILES string of the molecule is O=C(NCCO)C(=O)Nc1ccc(F)cc1. The summed E-state index contributed by atoms with van der Waals surface area (Å²) in [4.78, 5) is 22.3. The average Bonchev–Trinajstić information content (AvgIpc) is 2.29. The fraction of sp³-hybridized carbons (Fsp3) is 0.200. The monoisotopic (exact) mass is 226 g/mol. The number of hydrogen-bond acceptors (Lipinski definition) is 3. The molecule has 1 rings (SSSR count). The first-order valence-electron chi connectivity index (χ1n) is 4.59. The molecule has 0 unspecified atom stereocenters. The zero-order valence-corrected chi connectivity index (χ0v) is 8.37. The van der Waals surface area contributed by atoms with Gasteiger partial charge in [-0.1, -0.05) is 0 Å². The van der Waals surface area contributed by atoms with Crippen LogP contribution in [-0.4, -0.2) is 30.1 Å². The minimum Gasteiger partial charge on any atom is -0.395 e. The molecule has 86 valence electrons. The van der Waals surface area contributed by atoms with Crippen LogP contribution >= 0.6 is 0 Å². The van der Waals surface area contributed by atoms with E-state index in [0.29, 0.717) is 5.69 Å². The minimum absolute atomic E-state index is 0.00959. The number of nitrogens with one attached hydrogen (secondary N) is 2. The van der Waals surface area contributed by atoms with Crippen molar-refractivity contribution in [2.24, 2.45) is 0 Å². The Balaban J connectivity index is 2.51. The number of rotatable bonds is 3. The highest BCUT2D eigenvalue weighted by atomic mass is 19.1. The van der Waals surface area contributed by atoms with E-state index in [9.17, 15) is 14.0 Å². The highest BCUT2D eigenvalue weighted by Gasteiger charge is 2.12. The lowest BCUT2D eigenvalue weighted by Gasteiger charge is -2.04. The van der Waals surface area contributed by atoms with Crippen LogP contribution in [0.5, 0.6) is 0 Å². The summed E-state index contributed by atoms with van der Waals surface area (Å²) >= 11 is 0. The maximum atomic E-state index is 12.5. The topological polar surface area (TPSA) is 78.4 Å². The van der Waals surface area contributed by atoms with Crippen molar-refractivity contribution in [2.75, 3.05) is 18.5 Å². The van der Waals surface area contributed by atoms with Gasteiger partial charge in [-0.05, 0) is 24.3 Å². The number of anilines is 1. The van der Waals surface area contributed by atoms with Gasteiger partial charge in [0.2, 0.25) is 0 Å². The van der Waals surface area contributed by atoms with Gasteiger partial charge in [0.05, 0.1) is 6.61 Å². The van der Waals surface area contributed by atoms with Crippen LogP contribution in [-0.2, 0) is 9.59 Å². The molecule has 2 amide bonds. The number of halogens is 1. The first-order valence-corrected chi connectivity index (χ1v) is 4.59. The van der Waals surface area contributed by atoms with Gasteiger partial charge < -0.3 is 15.7 Å². The van der Waals surface area contributed by atoms with Crippen molar-refractivity contribution >= 4 is 17.5 Å². The second kappa shape index (κ2) is 5.82. The molecule has 1 aromatic rings. The third-order valence-corrected chi connectivity index (χ3v) is 1.71. The van der Waals surface area contributed by atoms with Crippen molar-refractivity contribution in [3.63, 3.8) is 0 Å². The average molecular weight is 226 g/mol. The van der Waals surface area contributed by atoms with Crippen LogP contribution < -0.4 is 10.6 Å². The Labute approximate surface area is 91.3 Å². The number of benzene rings is 1. The molecule has 0 saturated carbocycles. The predicted octanol–water partition coefficient (Wildman–Crippen LogP) is -0.127. The predicted molar refractivity (Wildman–Crippen MR) is 55.1 cm³/mol. The highest BCUT2D eigenvalue weighted by Crippen LogP contribution is 2.07.